The minimum absolute atomic E-state index is 0.167. The molecule has 0 fully saturated rings. The van der Waals surface area contributed by atoms with Crippen molar-refractivity contribution in [2.45, 2.75) is 0 Å². The fourth-order valence-electron chi connectivity index (χ4n) is 1.73. The van der Waals surface area contributed by atoms with Gasteiger partial charge in [0, 0.05) is 35.6 Å². The minimum atomic E-state index is -1.20. The molecule has 0 aliphatic rings. The number of phenols is 6. The van der Waals surface area contributed by atoms with Crippen molar-refractivity contribution < 1.29 is 40.2 Å². The van der Waals surface area contributed by atoms with Crippen molar-refractivity contribution in [3.8, 4) is 34.5 Å². The van der Waals surface area contributed by atoms with Crippen LogP contribution in [0.15, 0.2) is 24.3 Å². The summed E-state index contributed by atoms with van der Waals surface area (Å²) in [6.07, 6.45) is 0. The van der Waals surface area contributed by atoms with Gasteiger partial charge in [-0.3, -0.25) is 9.59 Å². The number of aromatic hydroxyl groups is 6. The SMILES string of the molecule is O=C(Nc1cc(O)c(O)c(O)c1)C(=O)Nc1cc(O)c(O)c(O)c1. The van der Waals surface area contributed by atoms with Gasteiger partial charge in [0.15, 0.2) is 34.5 Å². The molecule has 2 amide bonds. The maximum absolute atomic E-state index is 11.7. The van der Waals surface area contributed by atoms with Crippen molar-refractivity contribution in [1.82, 2.24) is 0 Å². The van der Waals surface area contributed by atoms with E-state index in [0.717, 1.165) is 24.3 Å². The summed E-state index contributed by atoms with van der Waals surface area (Å²) >= 11 is 0. The standard InChI is InChI=1S/C14H12N2O8/c17-7-1-5(2-8(18)11(7)21)15-13(23)14(24)16-6-3-9(19)12(22)10(20)4-6/h1-4,17-22H,(H,15,23)(H,16,24). The molecule has 0 bridgehead atoms. The lowest BCUT2D eigenvalue weighted by atomic mass is 10.2. The fraction of sp³-hybridized carbons (Fsp3) is 0. The molecular formula is C14H12N2O8. The highest BCUT2D eigenvalue weighted by Crippen LogP contribution is 2.38. The largest absolute Gasteiger partial charge is 0.504 e. The molecule has 0 saturated carbocycles. The Morgan fingerprint density at radius 1 is 0.583 bits per heavy atom. The molecule has 0 heterocycles. The van der Waals surface area contributed by atoms with E-state index in [2.05, 4.69) is 10.6 Å². The van der Waals surface area contributed by atoms with Crippen LogP contribution >= 0.6 is 0 Å². The Labute approximate surface area is 133 Å². The van der Waals surface area contributed by atoms with E-state index in [-0.39, 0.29) is 11.4 Å². The Morgan fingerprint density at radius 2 is 0.833 bits per heavy atom. The average molecular weight is 336 g/mol. The van der Waals surface area contributed by atoms with Gasteiger partial charge in [0.25, 0.3) is 0 Å². The van der Waals surface area contributed by atoms with E-state index in [1.165, 1.54) is 0 Å². The van der Waals surface area contributed by atoms with E-state index in [4.69, 9.17) is 0 Å². The molecule has 0 atom stereocenters. The van der Waals surface area contributed by atoms with Crippen molar-refractivity contribution in [1.29, 1.82) is 0 Å². The van der Waals surface area contributed by atoms with Crippen molar-refractivity contribution >= 4 is 23.2 Å². The molecule has 10 heteroatoms. The molecule has 10 nitrogen and oxygen atoms in total. The van der Waals surface area contributed by atoms with Crippen LogP contribution in [0.4, 0.5) is 11.4 Å². The van der Waals surface area contributed by atoms with Crippen LogP contribution in [0.2, 0.25) is 0 Å². The lowest BCUT2D eigenvalue weighted by Gasteiger charge is -2.09. The maximum atomic E-state index is 11.7. The first-order chi connectivity index (χ1) is 11.2. The Morgan fingerprint density at radius 3 is 1.08 bits per heavy atom. The Hall–Kier alpha value is -3.82. The molecule has 2 aromatic rings. The van der Waals surface area contributed by atoms with Crippen LogP contribution in [0.5, 0.6) is 34.5 Å². The molecule has 0 aliphatic heterocycles. The smallest absolute Gasteiger partial charge is 0.314 e. The highest BCUT2D eigenvalue weighted by molar-refractivity contribution is 6.43. The van der Waals surface area contributed by atoms with Gasteiger partial charge in [-0.25, -0.2) is 0 Å². The van der Waals surface area contributed by atoms with Gasteiger partial charge in [-0.15, -0.1) is 0 Å². The lowest BCUT2D eigenvalue weighted by Crippen LogP contribution is -2.29. The van der Waals surface area contributed by atoms with Crippen LogP contribution in [0.25, 0.3) is 0 Å². The monoisotopic (exact) mass is 336 g/mol. The van der Waals surface area contributed by atoms with Crippen LogP contribution in [0, 0.1) is 0 Å². The van der Waals surface area contributed by atoms with E-state index in [9.17, 15) is 40.2 Å². The third-order valence-corrected chi connectivity index (χ3v) is 2.86. The zero-order valence-electron chi connectivity index (χ0n) is 11.8. The fourth-order valence-corrected chi connectivity index (χ4v) is 1.73. The second kappa shape index (κ2) is 6.12. The Bertz CT molecular complexity index is 718. The first kappa shape index (κ1) is 16.5. The number of benzene rings is 2. The number of phenolic OH excluding ortho intramolecular Hbond substituents is 6. The quantitative estimate of drug-likeness (QED) is 0.222. The topological polar surface area (TPSA) is 180 Å². The first-order valence-electron chi connectivity index (χ1n) is 6.31. The van der Waals surface area contributed by atoms with Crippen LogP contribution < -0.4 is 10.6 Å². The highest BCUT2D eigenvalue weighted by atomic mass is 16.3. The second-order valence-electron chi connectivity index (χ2n) is 4.63. The van der Waals surface area contributed by atoms with Crippen LogP contribution in [0.3, 0.4) is 0 Å². The zero-order valence-corrected chi connectivity index (χ0v) is 11.8. The molecule has 8 N–H and O–H groups in total. The molecule has 24 heavy (non-hydrogen) atoms. The number of anilines is 2. The third kappa shape index (κ3) is 3.32. The Kier molecular flexibility index (Phi) is 4.22. The highest BCUT2D eigenvalue weighted by Gasteiger charge is 2.18. The summed E-state index contributed by atoms with van der Waals surface area (Å²) in [4.78, 5) is 23.5. The third-order valence-electron chi connectivity index (χ3n) is 2.86. The molecule has 0 saturated heterocycles. The molecule has 2 aromatic carbocycles. The number of carbonyl (C=O) groups is 2. The molecule has 0 aromatic heterocycles. The number of rotatable bonds is 2. The Balaban J connectivity index is 2.12. The van der Waals surface area contributed by atoms with Crippen molar-refractivity contribution in [3.05, 3.63) is 24.3 Å². The molecule has 0 unspecified atom stereocenters. The van der Waals surface area contributed by atoms with Crippen LogP contribution in [0.1, 0.15) is 0 Å². The number of nitrogens with one attached hydrogen (secondary N) is 2. The summed E-state index contributed by atoms with van der Waals surface area (Å²) in [5.74, 6) is -6.81. The molecule has 0 radical (unpaired) electrons. The lowest BCUT2D eigenvalue weighted by molar-refractivity contribution is -0.133. The van der Waals surface area contributed by atoms with E-state index < -0.39 is 46.3 Å². The normalized spacial score (nSPS) is 10.2. The van der Waals surface area contributed by atoms with Gasteiger partial charge in [-0.2, -0.15) is 0 Å². The predicted octanol–water partition coefficient (Wildman–Crippen LogP) is 0.497. The summed E-state index contributed by atoms with van der Waals surface area (Å²) in [6.45, 7) is 0. The molecule has 0 aliphatic carbocycles. The number of hydrogen-bond acceptors (Lipinski definition) is 8. The molecule has 126 valence electrons. The average Bonchev–Trinajstić information content (AvgIpc) is 2.50. The van der Waals surface area contributed by atoms with Gasteiger partial charge >= 0.3 is 11.8 Å². The second-order valence-corrected chi connectivity index (χ2v) is 4.63. The summed E-state index contributed by atoms with van der Waals surface area (Å²) < 4.78 is 0. The summed E-state index contributed by atoms with van der Waals surface area (Å²) in [6, 6.07) is 3.60. The number of hydrogen-bond donors (Lipinski definition) is 8. The van der Waals surface area contributed by atoms with Gasteiger partial charge in [-0.1, -0.05) is 0 Å². The predicted molar refractivity (Wildman–Crippen MR) is 80.1 cm³/mol. The summed E-state index contributed by atoms with van der Waals surface area (Å²) in [7, 11) is 0. The van der Waals surface area contributed by atoms with Crippen LogP contribution in [-0.2, 0) is 9.59 Å². The van der Waals surface area contributed by atoms with E-state index in [1.54, 1.807) is 0 Å². The summed E-state index contributed by atoms with van der Waals surface area (Å²) in [5, 5.41) is 59.7. The van der Waals surface area contributed by atoms with Crippen LogP contribution in [-0.4, -0.2) is 42.5 Å². The van der Waals surface area contributed by atoms with Gasteiger partial charge in [0.05, 0.1) is 0 Å². The van der Waals surface area contributed by atoms with Crippen molar-refractivity contribution in [3.63, 3.8) is 0 Å². The number of carbonyl (C=O) groups excluding carboxylic acids is 2. The van der Waals surface area contributed by atoms with Crippen molar-refractivity contribution in [2.24, 2.45) is 0 Å². The summed E-state index contributed by atoms with van der Waals surface area (Å²) in [5.41, 5.74) is -0.335. The first-order valence-corrected chi connectivity index (χ1v) is 6.31. The minimum Gasteiger partial charge on any atom is -0.504 e. The van der Waals surface area contributed by atoms with Gasteiger partial charge in [0.1, 0.15) is 0 Å². The van der Waals surface area contributed by atoms with E-state index in [1.807, 2.05) is 0 Å². The van der Waals surface area contributed by atoms with Crippen molar-refractivity contribution in [2.75, 3.05) is 10.6 Å². The van der Waals surface area contributed by atoms with Gasteiger partial charge in [-0.05, 0) is 0 Å². The van der Waals surface area contributed by atoms with Gasteiger partial charge < -0.3 is 41.3 Å². The van der Waals surface area contributed by atoms with E-state index >= 15 is 0 Å². The van der Waals surface area contributed by atoms with Gasteiger partial charge in [0.2, 0.25) is 0 Å². The molecular weight excluding hydrogens is 324 g/mol. The number of amides is 2. The zero-order chi connectivity index (χ0) is 18.0. The van der Waals surface area contributed by atoms with E-state index in [0.29, 0.717) is 0 Å². The molecule has 0 spiro atoms. The maximum Gasteiger partial charge on any atom is 0.314 e. The molecule has 2 rings (SSSR count).